The molecule has 0 fully saturated rings. The lowest BCUT2D eigenvalue weighted by Crippen LogP contribution is -2.23. The molecule has 140 valence electrons. The summed E-state index contributed by atoms with van der Waals surface area (Å²) in [7, 11) is 3.54. The smallest absolute Gasteiger partial charge is 0.232 e. The second-order valence-corrected chi connectivity index (χ2v) is 7.47. The summed E-state index contributed by atoms with van der Waals surface area (Å²) >= 11 is 1.45. The summed E-state index contributed by atoms with van der Waals surface area (Å²) in [5.41, 5.74) is 2.48. The molecule has 0 N–H and O–H groups in total. The van der Waals surface area contributed by atoms with Crippen molar-refractivity contribution in [3.05, 3.63) is 77.6 Å². The number of nitrogens with zero attached hydrogens (tertiary/aromatic N) is 4. The maximum absolute atomic E-state index is 12.0. The van der Waals surface area contributed by atoms with E-state index in [4.69, 9.17) is 0 Å². The van der Waals surface area contributed by atoms with Crippen LogP contribution < -0.4 is 0 Å². The molecular formula is C21H24N4OS. The number of aryl methyl sites for hydroxylation is 1. The molecule has 0 radical (unpaired) electrons. The van der Waals surface area contributed by atoms with Crippen molar-refractivity contribution in [2.45, 2.75) is 24.5 Å². The van der Waals surface area contributed by atoms with Gasteiger partial charge in [-0.2, -0.15) is 0 Å². The van der Waals surface area contributed by atoms with Crippen LogP contribution >= 0.6 is 11.8 Å². The first-order chi connectivity index (χ1) is 13.1. The van der Waals surface area contributed by atoms with Crippen LogP contribution in [0.4, 0.5) is 0 Å². The van der Waals surface area contributed by atoms with Gasteiger partial charge < -0.3 is 9.47 Å². The molecule has 0 unspecified atom stereocenters. The highest BCUT2D eigenvalue weighted by molar-refractivity contribution is 7.99. The van der Waals surface area contributed by atoms with Crippen molar-refractivity contribution >= 4 is 17.7 Å². The number of benzene rings is 2. The van der Waals surface area contributed by atoms with Crippen LogP contribution in [0.2, 0.25) is 0 Å². The topological polar surface area (TPSA) is 51.0 Å². The van der Waals surface area contributed by atoms with Crippen molar-refractivity contribution in [3.8, 4) is 0 Å². The molecule has 0 aliphatic heterocycles. The van der Waals surface area contributed by atoms with Gasteiger partial charge in [0.05, 0.1) is 5.75 Å². The number of amides is 1. The van der Waals surface area contributed by atoms with Crippen LogP contribution in [-0.2, 0) is 24.2 Å². The summed E-state index contributed by atoms with van der Waals surface area (Å²) in [6.07, 6.45) is 1.63. The van der Waals surface area contributed by atoms with E-state index in [0.29, 0.717) is 5.75 Å². The number of hydrogen-bond donors (Lipinski definition) is 0. The minimum atomic E-state index is 0.0715. The van der Waals surface area contributed by atoms with Crippen molar-refractivity contribution in [2.75, 3.05) is 19.8 Å². The monoisotopic (exact) mass is 380 g/mol. The maximum atomic E-state index is 12.0. The summed E-state index contributed by atoms with van der Waals surface area (Å²) < 4.78 is 2.15. The fourth-order valence-electron chi connectivity index (χ4n) is 2.70. The molecule has 1 aromatic heterocycles. The Labute approximate surface area is 164 Å². The predicted molar refractivity (Wildman–Crippen MR) is 109 cm³/mol. The van der Waals surface area contributed by atoms with Crippen LogP contribution in [0, 0.1) is 0 Å². The molecule has 0 atom stereocenters. The number of carbonyl (C=O) groups excluding carboxylic acids is 1. The van der Waals surface area contributed by atoms with Crippen molar-refractivity contribution in [3.63, 3.8) is 0 Å². The van der Waals surface area contributed by atoms with Crippen LogP contribution in [0.15, 0.2) is 65.8 Å². The zero-order valence-corrected chi connectivity index (χ0v) is 16.5. The Balaban J connectivity index is 1.78. The third-order valence-electron chi connectivity index (χ3n) is 4.29. The molecule has 0 aliphatic carbocycles. The fraction of sp³-hybridized carbons (Fsp3) is 0.286. The first kappa shape index (κ1) is 19.2. The highest BCUT2D eigenvalue weighted by Crippen LogP contribution is 2.20. The van der Waals surface area contributed by atoms with Gasteiger partial charge in [0.25, 0.3) is 0 Å². The van der Waals surface area contributed by atoms with Crippen molar-refractivity contribution in [1.82, 2.24) is 19.7 Å². The van der Waals surface area contributed by atoms with Gasteiger partial charge in [-0.05, 0) is 17.5 Å². The third kappa shape index (κ3) is 5.44. The van der Waals surface area contributed by atoms with E-state index < -0.39 is 0 Å². The molecule has 2 aromatic carbocycles. The van der Waals surface area contributed by atoms with Gasteiger partial charge in [-0.25, -0.2) is 0 Å². The molecule has 3 aromatic rings. The molecule has 0 aliphatic rings. The Morgan fingerprint density at radius 2 is 1.59 bits per heavy atom. The van der Waals surface area contributed by atoms with Gasteiger partial charge >= 0.3 is 0 Å². The lowest BCUT2D eigenvalue weighted by molar-refractivity contribution is -0.125. The maximum Gasteiger partial charge on any atom is 0.232 e. The van der Waals surface area contributed by atoms with E-state index in [9.17, 15) is 4.79 Å². The Morgan fingerprint density at radius 3 is 2.22 bits per heavy atom. The van der Waals surface area contributed by atoms with E-state index in [1.165, 1.54) is 22.9 Å². The van der Waals surface area contributed by atoms with E-state index in [0.717, 1.165) is 30.4 Å². The standard InChI is InChI=1S/C21H24N4OS/c1-24(2)20(26)16-27-21-23-22-19(15-18-11-7-4-8-12-18)25(21)14-13-17-9-5-3-6-10-17/h3-12H,13-16H2,1-2H3. The highest BCUT2D eigenvalue weighted by atomic mass is 32.2. The van der Waals surface area contributed by atoms with Crippen LogP contribution in [0.3, 0.4) is 0 Å². The van der Waals surface area contributed by atoms with Gasteiger partial charge in [-0.3, -0.25) is 4.79 Å². The van der Waals surface area contributed by atoms with Crippen molar-refractivity contribution in [1.29, 1.82) is 0 Å². The van der Waals surface area contributed by atoms with Crippen LogP contribution in [0.5, 0.6) is 0 Å². The lowest BCUT2D eigenvalue weighted by atomic mass is 10.1. The Morgan fingerprint density at radius 1 is 0.963 bits per heavy atom. The lowest BCUT2D eigenvalue weighted by Gasteiger charge is -2.12. The molecule has 0 spiro atoms. The number of aromatic nitrogens is 3. The second kappa shape index (κ2) is 9.37. The molecule has 3 rings (SSSR count). The molecule has 6 heteroatoms. The SMILES string of the molecule is CN(C)C(=O)CSc1nnc(Cc2ccccc2)n1CCc1ccccc1. The molecule has 0 saturated carbocycles. The van der Waals surface area contributed by atoms with Gasteiger partial charge in [-0.1, -0.05) is 72.4 Å². The predicted octanol–water partition coefficient (Wildman–Crippen LogP) is 3.29. The van der Waals surface area contributed by atoms with E-state index in [1.807, 2.05) is 24.3 Å². The second-order valence-electron chi connectivity index (χ2n) is 6.53. The Kier molecular flexibility index (Phi) is 6.65. The Hall–Kier alpha value is -2.60. The zero-order chi connectivity index (χ0) is 19.1. The number of carbonyl (C=O) groups is 1. The molecule has 5 nitrogen and oxygen atoms in total. The van der Waals surface area contributed by atoms with E-state index in [-0.39, 0.29) is 5.91 Å². The summed E-state index contributed by atoms with van der Waals surface area (Å²) in [4.78, 5) is 13.6. The normalized spacial score (nSPS) is 10.7. The largest absolute Gasteiger partial charge is 0.348 e. The van der Waals surface area contributed by atoms with Gasteiger partial charge in [0, 0.05) is 27.1 Å². The average Bonchev–Trinajstić information content (AvgIpc) is 3.07. The summed E-state index contributed by atoms with van der Waals surface area (Å²) in [5.74, 6) is 1.36. The summed E-state index contributed by atoms with van der Waals surface area (Å²) in [6, 6.07) is 20.7. The Bertz CT molecular complexity index is 862. The first-order valence-corrected chi connectivity index (χ1v) is 9.95. The third-order valence-corrected chi connectivity index (χ3v) is 5.24. The summed E-state index contributed by atoms with van der Waals surface area (Å²) in [5, 5.41) is 9.57. The quantitative estimate of drug-likeness (QED) is 0.563. The average molecular weight is 381 g/mol. The van der Waals surface area contributed by atoms with Crippen molar-refractivity contribution in [2.24, 2.45) is 0 Å². The summed E-state index contributed by atoms with van der Waals surface area (Å²) in [6.45, 7) is 0.789. The van der Waals surface area contributed by atoms with Gasteiger partial charge in [0.2, 0.25) is 5.91 Å². The zero-order valence-electron chi connectivity index (χ0n) is 15.7. The molecular weight excluding hydrogens is 356 g/mol. The number of thioether (sulfide) groups is 1. The fourth-order valence-corrected chi connectivity index (χ4v) is 3.66. The van der Waals surface area contributed by atoms with E-state index in [1.54, 1.807) is 19.0 Å². The first-order valence-electron chi connectivity index (χ1n) is 8.96. The molecule has 27 heavy (non-hydrogen) atoms. The minimum absolute atomic E-state index is 0.0715. The van der Waals surface area contributed by atoms with Gasteiger partial charge in [0.15, 0.2) is 5.16 Å². The van der Waals surface area contributed by atoms with E-state index >= 15 is 0 Å². The van der Waals surface area contributed by atoms with Gasteiger partial charge in [-0.15, -0.1) is 10.2 Å². The van der Waals surface area contributed by atoms with Crippen LogP contribution in [-0.4, -0.2) is 45.4 Å². The molecule has 0 saturated heterocycles. The highest BCUT2D eigenvalue weighted by Gasteiger charge is 2.15. The van der Waals surface area contributed by atoms with Crippen LogP contribution in [0.25, 0.3) is 0 Å². The van der Waals surface area contributed by atoms with Gasteiger partial charge in [0.1, 0.15) is 5.82 Å². The van der Waals surface area contributed by atoms with Crippen LogP contribution in [0.1, 0.15) is 17.0 Å². The number of rotatable bonds is 8. The molecule has 0 bridgehead atoms. The number of hydrogen-bond acceptors (Lipinski definition) is 4. The molecule has 1 amide bonds. The van der Waals surface area contributed by atoms with Crippen molar-refractivity contribution < 1.29 is 4.79 Å². The molecule has 1 heterocycles. The minimum Gasteiger partial charge on any atom is -0.348 e. The van der Waals surface area contributed by atoms with E-state index in [2.05, 4.69) is 51.2 Å².